The number of imidazole rings is 1. The van der Waals surface area contributed by atoms with Gasteiger partial charge >= 0.3 is 0 Å². The third-order valence-electron chi connectivity index (χ3n) is 4.59. The van der Waals surface area contributed by atoms with Gasteiger partial charge in [-0.05, 0) is 37.0 Å². The van der Waals surface area contributed by atoms with Gasteiger partial charge in [-0.25, -0.2) is 4.98 Å². The molecule has 1 aliphatic rings. The molecule has 3 heteroatoms. The number of hydrogen-bond acceptors (Lipinski definition) is 2. The molecule has 0 aliphatic heterocycles. The third-order valence-corrected chi connectivity index (χ3v) is 4.59. The maximum Gasteiger partial charge on any atom is 0.108 e. The first-order chi connectivity index (χ1) is 8.93. The Bertz CT molecular complexity index is 405. The lowest BCUT2D eigenvalue weighted by Crippen LogP contribution is -2.36. The van der Waals surface area contributed by atoms with Crippen LogP contribution in [-0.4, -0.2) is 20.8 Å². The molecule has 1 fully saturated rings. The van der Waals surface area contributed by atoms with Gasteiger partial charge in [0.2, 0.25) is 0 Å². The maximum absolute atomic E-state index is 10.4. The molecule has 0 radical (unpaired) electrons. The Labute approximate surface area is 117 Å². The lowest BCUT2D eigenvalue weighted by atomic mass is 9.70. The quantitative estimate of drug-likeness (QED) is 0.906. The fourth-order valence-electron chi connectivity index (χ4n) is 3.28. The van der Waals surface area contributed by atoms with E-state index in [9.17, 15) is 5.11 Å². The SMILES string of the molecule is CCCc1nccn1C1CC(C(C)(C)C)CCC1O. The van der Waals surface area contributed by atoms with Crippen molar-refractivity contribution < 1.29 is 5.11 Å². The molecule has 1 saturated carbocycles. The summed E-state index contributed by atoms with van der Waals surface area (Å²) in [4.78, 5) is 4.45. The van der Waals surface area contributed by atoms with Crippen LogP contribution in [0.2, 0.25) is 0 Å². The molecule has 0 saturated heterocycles. The van der Waals surface area contributed by atoms with Crippen molar-refractivity contribution in [2.24, 2.45) is 11.3 Å². The lowest BCUT2D eigenvalue weighted by molar-refractivity contribution is 0.0242. The summed E-state index contributed by atoms with van der Waals surface area (Å²) >= 11 is 0. The zero-order valence-electron chi connectivity index (χ0n) is 12.8. The van der Waals surface area contributed by atoms with Crippen molar-refractivity contribution in [1.82, 2.24) is 9.55 Å². The molecule has 1 aromatic heterocycles. The average Bonchev–Trinajstić information content (AvgIpc) is 2.77. The van der Waals surface area contributed by atoms with E-state index in [1.54, 1.807) is 0 Å². The molecule has 0 amide bonds. The summed E-state index contributed by atoms with van der Waals surface area (Å²) in [5.74, 6) is 1.80. The van der Waals surface area contributed by atoms with Gasteiger partial charge in [-0.1, -0.05) is 27.7 Å². The number of rotatable bonds is 3. The summed E-state index contributed by atoms with van der Waals surface area (Å²) in [6.07, 6.45) is 8.91. The summed E-state index contributed by atoms with van der Waals surface area (Å²) in [7, 11) is 0. The van der Waals surface area contributed by atoms with Crippen LogP contribution in [0.4, 0.5) is 0 Å². The fourth-order valence-corrected chi connectivity index (χ4v) is 3.28. The summed E-state index contributed by atoms with van der Waals surface area (Å²) in [5, 5.41) is 10.4. The van der Waals surface area contributed by atoms with Gasteiger partial charge in [0.05, 0.1) is 12.1 Å². The summed E-state index contributed by atoms with van der Waals surface area (Å²) in [5.41, 5.74) is 0.323. The molecular weight excluding hydrogens is 236 g/mol. The molecule has 0 spiro atoms. The molecule has 1 aromatic rings. The Kier molecular flexibility index (Phi) is 4.34. The van der Waals surface area contributed by atoms with Gasteiger partial charge in [0, 0.05) is 18.8 Å². The topological polar surface area (TPSA) is 38.0 Å². The van der Waals surface area contributed by atoms with Crippen molar-refractivity contribution in [2.75, 3.05) is 0 Å². The van der Waals surface area contributed by atoms with Crippen LogP contribution in [0, 0.1) is 11.3 Å². The number of aryl methyl sites for hydroxylation is 1. The number of aromatic nitrogens is 2. The van der Waals surface area contributed by atoms with Crippen LogP contribution >= 0.6 is 0 Å². The number of nitrogens with zero attached hydrogens (tertiary/aromatic N) is 2. The van der Waals surface area contributed by atoms with E-state index in [0.717, 1.165) is 37.9 Å². The summed E-state index contributed by atoms with van der Waals surface area (Å²) in [6.45, 7) is 9.11. The largest absolute Gasteiger partial charge is 0.391 e. The van der Waals surface area contributed by atoms with Crippen molar-refractivity contribution in [3.05, 3.63) is 18.2 Å². The first-order valence-electron chi connectivity index (χ1n) is 7.63. The number of hydrogen-bond donors (Lipinski definition) is 1. The number of aliphatic hydroxyl groups is 1. The van der Waals surface area contributed by atoms with Gasteiger partial charge in [0.25, 0.3) is 0 Å². The highest BCUT2D eigenvalue weighted by Gasteiger charge is 2.36. The predicted molar refractivity (Wildman–Crippen MR) is 78.1 cm³/mol. The summed E-state index contributed by atoms with van der Waals surface area (Å²) in [6, 6.07) is 0.210. The molecular formula is C16H28N2O. The van der Waals surface area contributed by atoms with E-state index in [1.165, 1.54) is 0 Å². The highest BCUT2D eigenvalue weighted by Crippen LogP contribution is 2.42. The maximum atomic E-state index is 10.4. The molecule has 3 atom stereocenters. The normalized spacial score (nSPS) is 28.6. The van der Waals surface area contributed by atoms with Gasteiger partial charge in [-0.15, -0.1) is 0 Å². The van der Waals surface area contributed by atoms with Crippen molar-refractivity contribution >= 4 is 0 Å². The van der Waals surface area contributed by atoms with E-state index >= 15 is 0 Å². The number of aliphatic hydroxyl groups excluding tert-OH is 1. The van der Waals surface area contributed by atoms with Crippen LogP contribution in [0.25, 0.3) is 0 Å². The molecule has 1 N–H and O–H groups in total. The van der Waals surface area contributed by atoms with Gasteiger partial charge in [-0.2, -0.15) is 0 Å². The third kappa shape index (κ3) is 3.19. The van der Waals surface area contributed by atoms with Gasteiger partial charge in [-0.3, -0.25) is 0 Å². The van der Waals surface area contributed by atoms with E-state index in [1.807, 2.05) is 12.4 Å². The van der Waals surface area contributed by atoms with Crippen LogP contribution < -0.4 is 0 Å². The molecule has 0 aromatic carbocycles. The summed E-state index contributed by atoms with van der Waals surface area (Å²) < 4.78 is 2.23. The van der Waals surface area contributed by atoms with Crippen molar-refractivity contribution in [2.45, 2.75) is 71.9 Å². The second-order valence-electron chi connectivity index (χ2n) is 7.01. The Morgan fingerprint density at radius 3 is 2.74 bits per heavy atom. The Morgan fingerprint density at radius 1 is 1.37 bits per heavy atom. The Hall–Kier alpha value is -0.830. The lowest BCUT2D eigenvalue weighted by Gasteiger charge is -2.41. The van der Waals surface area contributed by atoms with Crippen molar-refractivity contribution in [3.63, 3.8) is 0 Å². The average molecular weight is 264 g/mol. The van der Waals surface area contributed by atoms with Crippen molar-refractivity contribution in [3.8, 4) is 0 Å². The zero-order chi connectivity index (χ0) is 14.0. The van der Waals surface area contributed by atoms with Gasteiger partial charge in [0.1, 0.15) is 5.82 Å². The van der Waals surface area contributed by atoms with Crippen LogP contribution in [0.5, 0.6) is 0 Å². The molecule has 0 bridgehead atoms. The van der Waals surface area contributed by atoms with E-state index in [4.69, 9.17) is 0 Å². The molecule has 2 rings (SSSR count). The van der Waals surface area contributed by atoms with E-state index in [0.29, 0.717) is 11.3 Å². The second-order valence-corrected chi connectivity index (χ2v) is 7.01. The molecule has 1 aliphatic carbocycles. The van der Waals surface area contributed by atoms with E-state index < -0.39 is 0 Å². The monoisotopic (exact) mass is 264 g/mol. The molecule has 1 heterocycles. The van der Waals surface area contributed by atoms with E-state index in [2.05, 4.69) is 37.2 Å². The first-order valence-corrected chi connectivity index (χ1v) is 7.63. The highest BCUT2D eigenvalue weighted by molar-refractivity contribution is 4.99. The minimum Gasteiger partial charge on any atom is -0.391 e. The van der Waals surface area contributed by atoms with Crippen molar-refractivity contribution in [1.29, 1.82) is 0 Å². The van der Waals surface area contributed by atoms with Gasteiger partial charge in [0.15, 0.2) is 0 Å². The second kappa shape index (κ2) is 5.66. The van der Waals surface area contributed by atoms with E-state index in [-0.39, 0.29) is 12.1 Å². The molecule has 3 nitrogen and oxygen atoms in total. The Morgan fingerprint density at radius 2 is 2.11 bits per heavy atom. The predicted octanol–water partition coefficient (Wildman–Crippen LogP) is 3.58. The Balaban J connectivity index is 2.19. The van der Waals surface area contributed by atoms with Crippen LogP contribution in [0.15, 0.2) is 12.4 Å². The fraction of sp³-hybridized carbons (Fsp3) is 0.812. The van der Waals surface area contributed by atoms with Crippen LogP contribution in [0.3, 0.4) is 0 Å². The van der Waals surface area contributed by atoms with Crippen LogP contribution in [0.1, 0.15) is 65.2 Å². The smallest absolute Gasteiger partial charge is 0.108 e. The van der Waals surface area contributed by atoms with Crippen LogP contribution in [-0.2, 0) is 6.42 Å². The molecule has 19 heavy (non-hydrogen) atoms. The highest BCUT2D eigenvalue weighted by atomic mass is 16.3. The molecule has 3 unspecified atom stereocenters. The van der Waals surface area contributed by atoms with Gasteiger partial charge < -0.3 is 9.67 Å². The molecule has 108 valence electrons. The minimum absolute atomic E-state index is 0.210. The first kappa shape index (κ1) is 14.6. The zero-order valence-corrected chi connectivity index (χ0v) is 12.8. The standard InChI is InChI=1S/C16H28N2O/c1-5-6-15-17-9-10-18(15)13-11-12(16(2,3)4)7-8-14(13)19/h9-10,12-14,19H,5-8,11H2,1-4H3. The minimum atomic E-state index is -0.219.